The lowest BCUT2D eigenvalue weighted by Crippen LogP contribution is -2.45. The molecule has 1 unspecified atom stereocenters. The number of Topliss-reactive ketones (excluding diaryl/α,β-unsaturated/α-hetero) is 1. The van der Waals surface area contributed by atoms with E-state index in [1.165, 1.54) is 0 Å². The number of fused-ring (bicyclic) bond motifs is 1. The first-order valence-electron chi connectivity index (χ1n) is 6.98. The van der Waals surface area contributed by atoms with Gasteiger partial charge < -0.3 is 9.64 Å². The molecule has 3 heteroatoms. The highest BCUT2D eigenvalue weighted by atomic mass is 16.5. The summed E-state index contributed by atoms with van der Waals surface area (Å²) in [6, 6.07) is 6.12. The van der Waals surface area contributed by atoms with Crippen LogP contribution in [0.3, 0.4) is 0 Å². The van der Waals surface area contributed by atoms with Gasteiger partial charge in [0.15, 0.2) is 5.78 Å². The Kier molecular flexibility index (Phi) is 3.83. The lowest BCUT2D eigenvalue weighted by atomic mass is 10.0. The van der Waals surface area contributed by atoms with Gasteiger partial charge in [0.1, 0.15) is 11.9 Å². The van der Waals surface area contributed by atoms with E-state index in [0.29, 0.717) is 12.0 Å². The van der Waals surface area contributed by atoms with E-state index < -0.39 is 0 Å². The van der Waals surface area contributed by atoms with E-state index in [9.17, 15) is 4.79 Å². The van der Waals surface area contributed by atoms with E-state index in [0.717, 1.165) is 23.5 Å². The van der Waals surface area contributed by atoms with Crippen molar-refractivity contribution in [3.63, 3.8) is 0 Å². The van der Waals surface area contributed by atoms with Crippen LogP contribution in [0, 0.1) is 5.92 Å². The quantitative estimate of drug-likeness (QED) is 0.780. The number of hydrogen-bond acceptors (Lipinski definition) is 3. The van der Waals surface area contributed by atoms with Crippen LogP contribution in [-0.4, -0.2) is 24.5 Å². The van der Waals surface area contributed by atoms with Gasteiger partial charge in [0, 0.05) is 11.6 Å². The second-order valence-electron chi connectivity index (χ2n) is 5.89. The van der Waals surface area contributed by atoms with Gasteiger partial charge in [-0.3, -0.25) is 4.79 Å². The maximum atomic E-state index is 11.5. The number of benzene rings is 1. The molecule has 0 fully saturated rings. The standard InChI is InChI=1S/C16H23NO2/c1-10(2)16-9-17(11(3)4)14-8-13(12(5)18)6-7-15(14)19-16/h6-8,10-11,16H,9H2,1-5H3. The van der Waals surface area contributed by atoms with Crippen molar-refractivity contribution in [2.75, 3.05) is 11.4 Å². The number of rotatable bonds is 3. The van der Waals surface area contributed by atoms with Crippen molar-refractivity contribution in [1.82, 2.24) is 0 Å². The smallest absolute Gasteiger partial charge is 0.159 e. The third-order valence-electron chi connectivity index (χ3n) is 3.70. The number of carbonyl (C=O) groups excluding carboxylic acids is 1. The normalized spacial score (nSPS) is 18.5. The van der Waals surface area contributed by atoms with Crippen molar-refractivity contribution in [2.45, 2.75) is 46.8 Å². The van der Waals surface area contributed by atoms with Gasteiger partial charge in [-0.25, -0.2) is 0 Å². The molecule has 0 spiro atoms. The van der Waals surface area contributed by atoms with E-state index in [1.54, 1.807) is 6.92 Å². The van der Waals surface area contributed by atoms with Crippen molar-refractivity contribution >= 4 is 11.5 Å². The molecule has 0 radical (unpaired) electrons. The lowest BCUT2D eigenvalue weighted by molar-refractivity contribution is 0.101. The van der Waals surface area contributed by atoms with Crippen LogP contribution in [0.25, 0.3) is 0 Å². The van der Waals surface area contributed by atoms with Crippen LogP contribution >= 0.6 is 0 Å². The average Bonchev–Trinajstić information content (AvgIpc) is 2.36. The minimum atomic E-state index is 0.0949. The van der Waals surface area contributed by atoms with Crippen LogP contribution < -0.4 is 9.64 Å². The summed E-state index contributed by atoms with van der Waals surface area (Å²) >= 11 is 0. The van der Waals surface area contributed by atoms with E-state index in [-0.39, 0.29) is 11.9 Å². The highest BCUT2D eigenvalue weighted by molar-refractivity contribution is 5.95. The van der Waals surface area contributed by atoms with E-state index in [2.05, 4.69) is 32.6 Å². The monoisotopic (exact) mass is 261 g/mol. The first-order valence-corrected chi connectivity index (χ1v) is 6.98. The van der Waals surface area contributed by atoms with Crippen LogP contribution in [0.1, 0.15) is 45.0 Å². The van der Waals surface area contributed by atoms with Crippen molar-refractivity contribution in [3.8, 4) is 5.75 Å². The number of ether oxygens (including phenoxy) is 1. The lowest BCUT2D eigenvalue weighted by Gasteiger charge is -2.40. The minimum Gasteiger partial charge on any atom is -0.486 e. The summed E-state index contributed by atoms with van der Waals surface area (Å²) in [6.45, 7) is 11.2. The molecule has 0 N–H and O–H groups in total. The third-order valence-corrected chi connectivity index (χ3v) is 3.70. The Balaban J connectivity index is 2.43. The zero-order chi connectivity index (χ0) is 14.2. The highest BCUT2D eigenvalue weighted by Gasteiger charge is 2.29. The third kappa shape index (κ3) is 2.75. The Morgan fingerprint density at radius 2 is 2.00 bits per heavy atom. The SMILES string of the molecule is CC(=O)c1ccc2c(c1)N(C(C)C)CC(C(C)C)O2. The van der Waals surface area contributed by atoms with Crippen LogP contribution in [-0.2, 0) is 0 Å². The summed E-state index contributed by atoms with van der Waals surface area (Å²) in [4.78, 5) is 13.9. The van der Waals surface area contributed by atoms with E-state index >= 15 is 0 Å². The van der Waals surface area contributed by atoms with Crippen LogP contribution in [0.5, 0.6) is 5.75 Å². The molecule has 0 saturated heterocycles. The maximum absolute atomic E-state index is 11.5. The molecule has 104 valence electrons. The van der Waals surface area contributed by atoms with Gasteiger partial charge in [-0.05, 0) is 44.9 Å². The van der Waals surface area contributed by atoms with Gasteiger partial charge >= 0.3 is 0 Å². The molecule has 3 nitrogen and oxygen atoms in total. The summed E-state index contributed by atoms with van der Waals surface area (Å²) in [5.41, 5.74) is 1.79. The van der Waals surface area contributed by atoms with Crippen LogP contribution in [0.15, 0.2) is 18.2 Å². The number of carbonyl (C=O) groups is 1. The van der Waals surface area contributed by atoms with Gasteiger partial charge in [0.05, 0.1) is 12.2 Å². The predicted octanol–water partition coefficient (Wildman–Crippen LogP) is 3.52. The van der Waals surface area contributed by atoms with Gasteiger partial charge in [-0.2, -0.15) is 0 Å². The molecule has 1 heterocycles. The number of nitrogens with zero attached hydrogens (tertiary/aromatic N) is 1. The first kappa shape index (κ1) is 13.9. The number of anilines is 1. The molecule has 1 aliphatic heterocycles. The summed E-state index contributed by atoms with van der Waals surface area (Å²) < 4.78 is 6.06. The molecule has 0 bridgehead atoms. The molecule has 0 aromatic heterocycles. The van der Waals surface area contributed by atoms with Crippen molar-refractivity contribution < 1.29 is 9.53 Å². The molecule has 0 amide bonds. The fourth-order valence-electron chi connectivity index (χ4n) is 2.39. The minimum absolute atomic E-state index is 0.0949. The fourth-order valence-corrected chi connectivity index (χ4v) is 2.39. The van der Waals surface area contributed by atoms with Gasteiger partial charge in [-0.1, -0.05) is 13.8 Å². The molecule has 2 rings (SSSR count). The largest absolute Gasteiger partial charge is 0.486 e. The van der Waals surface area contributed by atoms with Crippen LogP contribution in [0.2, 0.25) is 0 Å². The Morgan fingerprint density at radius 1 is 1.32 bits per heavy atom. The molecule has 1 aliphatic rings. The van der Waals surface area contributed by atoms with E-state index in [1.807, 2.05) is 18.2 Å². The molecule has 1 atom stereocenters. The zero-order valence-corrected chi connectivity index (χ0v) is 12.4. The van der Waals surface area contributed by atoms with Gasteiger partial charge in [0.2, 0.25) is 0 Å². The second-order valence-corrected chi connectivity index (χ2v) is 5.89. The molecule has 1 aromatic rings. The second kappa shape index (κ2) is 5.24. The Bertz CT molecular complexity index is 480. The van der Waals surface area contributed by atoms with Crippen LogP contribution in [0.4, 0.5) is 5.69 Å². The summed E-state index contributed by atoms with van der Waals surface area (Å²) in [6.07, 6.45) is 0.207. The summed E-state index contributed by atoms with van der Waals surface area (Å²) in [5, 5.41) is 0. The first-order chi connectivity index (χ1) is 8.90. The van der Waals surface area contributed by atoms with E-state index in [4.69, 9.17) is 4.74 Å². The molecule has 0 saturated carbocycles. The Morgan fingerprint density at radius 3 is 2.53 bits per heavy atom. The van der Waals surface area contributed by atoms with Gasteiger partial charge in [0.25, 0.3) is 0 Å². The number of hydrogen-bond donors (Lipinski definition) is 0. The molecule has 19 heavy (non-hydrogen) atoms. The number of ketones is 1. The average molecular weight is 261 g/mol. The van der Waals surface area contributed by atoms with Crippen molar-refractivity contribution in [2.24, 2.45) is 5.92 Å². The fraction of sp³-hybridized carbons (Fsp3) is 0.562. The highest BCUT2D eigenvalue weighted by Crippen LogP contribution is 2.37. The Labute approximate surface area is 115 Å². The molecule has 0 aliphatic carbocycles. The zero-order valence-electron chi connectivity index (χ0n) is 12.4. The summed E-state index contributed by atoms with van der Waals surface area (Å²) in [5.74, 6) is 1.46. The summed E-state index contributed by atoms with van der Waals surface area (Å²) in [7, 11) is 0. The van der Waals surface area contributed by atoms with Crippen molar-refractivity contribution in [3.05, 3.63) is 23.8 Å². The molecular weight excluding hydrogens is 238 g/mol. The molecule has 1 aromatic carbocycles. The Hall–Kier alpha value is -1.51. The predicted molar refractivity (Wildman–Crippen MR) is 78.2 cm³/mol. The topological polar surface area (TPSA) is 29.5 Å². The maximum Gasteiger partial charge on any atom is 0.159 e. The van der Waals surface area contributed by atoms with Crippen molar-refractivity contribution in [1.29, 1.82) is 0 Å². The van der Waals surface area contributed by atoms with Gasteiger partial charge in [-0.15, -0.1) is 0 Å². The molecular formula is C16H23NO2.